The van der Waals surface area contributed by atoms with Crippen molar-refractivity contribution >= 4 is 75.2 Å². The van der Waals surface area contributed by atoms with Crippen LogP contribution >= 0.6 is 58.3 Å². The molecule has 0 radical (unpaired) electrons. The summed E-state index contributed by atoms with van der Waals surface area (Å²) in [6, 6.07) is 15.1. The van der Waals surface area contributed by atoms with Crippen LogP contribution < -0.4 is 10.6 Å². The van der Waals surface area contributed by atoms with Crippen molar-refractivity contribution in [2.45, 2.75) is 13.3 Å². The third-order valence-electron chi connectivity index (χ3n) is 5.11. The number of hydrogen-bond donors (Lipinski definition) is 2. The molecule has 2 aromatic heterocycles. The first-order valence-corrected chi connectivity index (χ1v) is 14.1. The quantitative estimate of drug-likeness (QED) is 0.231. The van der Waals surface area contributed by atoms with E-state index in [1.54, 1.807) is 12.1 Å². The van der Waals surface area contributed by atoms with Crippen molar-refractivity contribution < 1.29 is 0 Å². The van der Waals surface area contributed by atoms with Gasteiger partial charge in [-0.2, -0.15) is 10.5 Å². The maximum atomic E-state index is 9.42. The van der Waals surface area contributed by atoms with Crippen molar-refractivity contribution in [3.8, 4) is 12.1 Å². The van der Waals surface area contributed by atoms with Crippen molar-refractivity contribution in [1.82, 2.24) is 30.6 Å². The lowest BCUT2D eigenvalue weighted by molar-refractivity contribution is 0.951. The molecule has 2 aliphatic rings. The Morgan fingerprint density at radius 1 is 0.795 bits per heavy atom. The maximum Gasteiger partial charge on any atom is 0.222 e. The van der Waals surface area contributed by atoms with Crippen molar-refractivity contribution in [1.29, 1.82) is 10.5 Å². The van der Waals surface area contributed by atoms with Crippen LogP contribution in [0, 0.1) is 22.7 Å². The Labute approximate surface area is 248 Å². The lowest BCUT2D eigenvalue weighted by Gasteiger charge is -2.07. The second kappa shape index (κ2) is 13.5. The van der Waals surface area contributed by atoms with Gasteiger partial charge in [-0.05, 0) is 64.9 Å². The number of nitriles is 2. The van der Waals surface area contributed by atoms with Crippen LogP contribution in [-0.4, -0.2) is 19.9 Å². The van der Waals surface area contributed by atoms with Gasteiger partial charge in [0.1, 0.15) is 23.3 Å². The highest BCUT2D eigenvalue weighted by atomic mass is 35.5. The molecule has 2 aliphatic heterocycles. The summed E-state index contributed by atoms with van der Waals surface area (Å²) in [6.45, 7) is 2.05. The van der Waals surface area contributed by atoms with E-state index in [1.165, 1.54) is 35.9 Å². The molecule has 0 fully saturated rings. The molecular weight excluding hydrogens is 595 g/mol. The SMILES string of the molecule is CCC1=CSC(=C(C#N)c2ccnc(Cl)n2)N1.N#CC(=C1NC(c2ccc(Cl)cc2)=CS1)c1ccnc(Cl)n1. The second-order valence-corrected chi connectivity index (χ2v) is 10.4. The van der Waals surface area contributed by atoms with E-state index in [0.29, 0.717) is 32.6 Å². The van der Waals surface area contributed by atoms with Gasteiger partial charge in [-0.3, -0.25) is 0 Å². The topological polar surface area (TPSA) is 123 Å². The zero-order chi connectivity index (χ0) is 27.8. The predicted octanol–water partition coefficient (Wildman–Crippen LogP) is 7.22. The first-order chi connectivity index (χ1) is 18.9. The fraction of sp³-hybridized carbons (Fsp3) is 0.0769. The number of rotatable bonds is 4. The van der Waals surface area contributed by atoms with Gasteiger partial charge < -0.3 is 10.6 Å². The molecule has 3 aromatic rings. The van der Waals surface area contributed by atoms with Crippen molar-refractivity contribution in [2.24, 2.45) is 0 Å². The molecule has 8 nitrogen and oxygen atoms in total. The normalized spacial score (nSPS) is 16.4. The van der Waals surface area contributed by atoms with Gasteiger partial charge in [-0.25, -0.2) is 19.9 Å². The minimum Gasteiger partial charge on any atom is -0.352 e. The Bertz CT molecular complexity index is 1600. The summed E-state index contributed by atoms with van der Waals surface area (Å²) in [6.07, 6.45) is 3.96. The molecule has 13 heteroatoms. The van der Waals surface area contributed by atoms with Crippen molar-refractivity contribution in [3.05, 3.63) is 108 Å². The monoisotopic (exact) mass is 610 g/mol. The van der Waals surface area contributed by atoms with E-state index in [-0.39, 0.29) is 10.6 Å². The van der Waals surface area contributed by atoms with Gasteiger partial charge in [-0.1, -0.05) is 54.2 Å². The number of allylic oxidation sites excluding steroid dienone is 3. The first-order valence-electron chi connectivity index (χ1n) is 11.2. The van der Waals surface area contributed by atoms with Gasteiger partial charge in [0, 0.05) is 28.5 Å². The van der Waals surface area contributed by atoms with E-state index in [9.17, 15) is 10.5 Å². The molecule has 0 saturated carbocycles. The molecule has 0 aliphatic carbocycles. The Hall–Kier alpha value is -3.51. The highest BCUT2D eigenvalue weighted by Crippen LogP contribution is 2.35. The molecule has 0 atom stereocenters. The minimum atomic E-state index is 0.111. The molecule has 39 heavy (non-hydrogen) atoms. The zero-order valence-corrected chi connectivity index (χ0v) is 24.0. The van der Waals surface area contributed by atoms with Gasteiger partial charge >= 0.3 is 0 Å². The summed E-state index contributed by atoms with van der Waals surface area (Å²) in [5.74, 6) is 0. The highest BCUT2D eigenvalue weighted by molar-refractivity contribution is 8.06. The van der Waals surface area contributed by atoms with Crippen molar-refractivity contribution in [3.63, 3.8) is 0 Å². The summed E-state index contributed by atoms with van der Waals surface area (Å²) in [5, 5.41) is 31.4. The minimum absolute atomic E-state index is 0.111. The predicted molar refractivity (Wildman–Crippen MR) is 158 cm³/mol. The standard InChI is InChI=1S/C15H8Cl2N4S.C11H9ClN4S/c16-10-3-1-9(2-4-10)13-8-22-14(20-13)11(7-18)12-5-6-19-15(17)21-12;1-2-7-6-17-10(15-7)8(5-13)9-3-4-14-11(12)16-9/h1-6,8,20H;3-4,6,15H,2H2,1H3. The number of nitrogens with one attached hydrogen (secondary N) is 2. The fourth-order valence-electron chi connectivity index (χ4n) is 3.22. The number of nitrogens with zero attached hydrogens (tertiary/aromatic N) is 6. The molecule has 0 amide bonds. The smallest absolute Gasteiger partial charge is 0.222 e. The van der Waals surface area contributed by atoms with Gasteiger partial charge in [-0.15, -0.1) is 0 Å². The van der Waals surface area contributed by atoms with E-state index in [2.05, 4.69) is 49.6 Å². The van der Waals surface area contributed by atoms with Crippen LogP contribution in [0.5, 0.6) is 0 Å². The summed E-state index contributed by atoms with van der Waals surface area (Å²) in [4.78, 5) is 15.7. The van der Waals surface area contributed by atoms with Gasteiger partial charge in [0.15, 0.2) is 0 Å². The van der Waals surface area contributed by atoms with E-state index >= 15 is 0 Å². The van der Waals surface area contributed by atoms with Crippen LogP contribution in [0.1, 0.15) is 30.3 Å². The number of hydrogen-bond acceptors (Lipinski definition) is 10. The molecule has 4 heterocycles. The van der Waals surface area contributed by atoms with Gasteiger partial charge in [0.05, 0.1) is 27.1 Å². The average Bonchev–Trinajstić information content (AvgIpc) is 3.61. The second-order valence-electron chi connectivity index (χ2n) is 7.57. The van der Waals surface area contributed by atoms with Crippen LogP contribution in [-0.2, 0) is 0 Å². The van der Waals surface area contributed by atoms with Gasteiger partial charge in [0.25, 0.3) is 0 Å². The highest BCUT2D eigenvalue weighted by Gasteiger charge is 2.19. The molecule has 194 valence electrons. The molecule has 0 saturated heterocycles. The lowest BCUT2D eigenvalue weighted by atomic mass is 10.1. The van der Waals surface area contributed by atoms with Crippen LogP contribution in [0.15, 0.2) is 75.4 Å². The Balaban J connectivity index is 0.000000187. The zero-order valence-electron chi connectivity index (χ0n) is 20.1. The maximum absolute atomic E-state index is 9.42. The van der Waals surface area contributed by atoms with Gasteiger partial charge in [0.2, 0.25) is 10.6 Å². The Kier molecular flexibility index (Phi) is 9.88. The lowest BCUT2D eigenvalue weighted by Crippen LogP contribution is -2.07. The Morgan fingerprint density at radius 2 is 1.33 bits per heavy atom. The third kappa shape index (κ3) is 7.33. The summed E-state index contributed by atoms with van der Waals surface area (Å²) < 4.78 is 0. The number of halogens is 3. The summed E-state index contributed by atoms with van der Waals surface area (Å²) >= 11 is 20.3. The molecule has 5 rings (SSSR count). The van der Waals surface area contributed by atoms with E-state index < -0.39 is 0 Å². The van der Waals surface area contributed by atoms with Crippen LogP contribution in [0.4, 0.5) is 0 Å². The molecule has 0 unspecified atom stereocenters. The largest absolute Gasteiger partial charge is 0.352 e. The van der Waals surface area contributed by atoms with Crippen molar-refractivity contribution in [2.75, 3.05) is 0 Å². The molecular formula is C26H17Cl3N8S2. The Morgan fingerprint density at radius 3 is 1.82 bits per heavy atom. The first kappa shape index (κ1) is 28.5. The van der Waals surface area contributed by atoms with E-state index in [1.807, 2.05) is 35.1 Å². The van der Waals surface area contributed by atoms with E-state index in [0.717, 1.165) is 28.4 Å². The molecule has 1 aromatic carbocycles. The van der Waals surface area contributed by atoms with Crippen LogP contribution in [0.2, 0.25) is 15.6 Å². The fourth-order valence-corrected chi connectivity index (χ4v) is 5.45. The molecule has 0 bridgehead atoms. The molecule has 2 N–H and O–H groups in total. The number of thioether (sulfide) groups is 2. The number of benzene rings is 1. The third-order valence-corrected chi connectivity index (χ3v) is 7.57. The van der Waals surface area contributed by atoms with E-state index in [4.69, 9.17) is 34.8 Å². The summed E-state index contributed by atoms with van der Waals surface area (Å²) in [7, 11) is 0. The molecule has 0 spiro atoms. The number of aromatic nitrogens is 4. The van der Waals surface area contributed by atoms with Crippen LogP contribution in [0.3, 0.4) is 0 Å². The average molecular weight is 612 g/mol. The summed E-state index contributed by atoms with van der Waals surface area (Å²) in [5.41, 5.74) is 4.93. The van der Waals surface area contributed by atoms with Crippen LogP contribution in [0.25, 0.3) is 16.8 Å².